The Morgan fingerprint density at radius 2 is 1.81 bits per heavy atom. The van der Waals surface area contributed by atoms with E-state index < -0.39 is 35.3 Å². The smallest absolute Gasteiger partial charge is 0.324 e. The Bertz CT molecular complexity index is 1350. The predicted molar refractivity (Wildman–Crippen MR) is 173 cm³/mol. The second kappa shape index (κ2) is 14.4. The lowest BCUT2D eigenvalue weighted by Crippen LogP contribution is -2.53. The summed E-state index contributed by atoms with van der Waals surface area (Å²) < 4.78 is 11.5. The molecule has 0 saturated heterocycles. The van der Waals surface area contributed by atoms with E-state index in [4.69, 9.17) is 9.47 Å². The highest BCUT2D eigenvalue weighted by Gasteiger charge is 2.59. The number of hydrogen-bond acceptors (Lipinski definition) is 8. The molecule has 0 radical (unpaired) electrons. The van der Waals surface area contributed by atoms with Gasteiger partial charge in [-0.25, -0.2) is 0 Å². The first-order chi connectivity index (χ1) is 22.3. The van der Waals surface area contributed by atoms with Crippen LogP contribution in [0.15, 0.2) is 36.4 Å². The number of rotatable bonds is 14. The van der Waals surface area contributed by atoms with E-state index in [9.17, 15) is 34.7 Å². The van der Waals surface area contributed by atoms with Crippen LogP contribution < -0.4 is 5.32 Å². The molecule has 0 spiro atoms. The van der Waals surface area contributed by atoms with Crippen molar-refractivity contribution in [1.82, 2.24) is 5.32 Å². The van der Waals surface area contributed by atoms with Gasteiger partial charge in [0.15, 0.2) is 0 Å². The largest absolute Gasteiger partial charge is 0.481 e. The summed E-state index contributed by atoms with van der Waals surface area (Å²) >= 11 is 0. The van der Waals surface area contributed by atoms with Crippen LogP contribution >= 0.6 is 0 Å². The molecule has 3 saturated carbocycles. The van der Waals surface area contributed by atoms with E-state index in [1.165, 1.54) is 18.6 Å². The monoisotopic (exact) mass is 654 g/mol. The number of non-ortho nitro benzene ring substituents is 1. The van der Waals surface area contributed by atoms with Crippen LogP contribution in [-0.4, -0.2) is 51.9 Å². The summed E-state index contributed by atoms with van der Waals surface area (Å²) in [4.78, 5) is 46.4. The lowest BCUT2D eigenvalue weighted by atomic mass is 9.46. The molecular formula is C36H50N2O9. The molecule has 5 rings (SSSR count). The second-order valence-electron chi connectivity index (χ2n) is 15.0. The van der Waals surface area contributed by atoms with Gasteiger partial charge in [-0.05, 0) is 115 Å². The third kappa shape index (κ3) is 7.56. The van der Waals surface area contributed by atoms with Crippen LogP contribution in [0.25, 0.3) is 0 Å². The zero-order chi connectivity index (χ0) is 33.9. The van der Waals surface area contributed by atoms with E-state index in [1.54, 1.807) is 12.1 Å². The number of hydrogen-bond donors (Lipinski definition) is 3. The van der Waals surface area contributed by atoms with Crippen LogP contribution in [0.4, 0.5) is 5.69 Å². The molecule has 1 aromatic carbocycles. The van der Waals surface area contributed by atoms with Crippen molar-refractivity contribution in [3.8, 4) is 0 Å². The van der Waals surface area contributed by atoms with Crippen LogP contribution in [0.2, 0.25) is 0 Å². The van der Waals surface area contributed by atoms with E-state index in [1.807, 2.05) is 0 Å². The number of nitrogens with zero attached hydrogens (tertiary/aromatic N) is 1. The van der Waals surface area contributed by atoms with Gasteiger partial charge in [0.05, 0.1) is 24.7 Å². The molecular weight excluding hydrogens is 604 g/mol. The molecule has 4 aliphatic rings. The summed E-state index contributed by atoms with van der Waals surface area (Å²) in [6.07, 6.45) is 12.3. The molecule has 7 unspecified atom stereocenters. The molecule has 3 fully saturated rings. The third-order valence-electron chi connectivity index (χ3n) is 12.4. The van der Waals surface area contributed by atoms with Gasteiger partial charge in [0.25, 0.3) is 5.69 Å². The summed E-state index contributed by atoms with van der Waals surface area (Å²) in [6, 6.07) is 4.89. The van der Waals surface area contributed by atoms with Crippen LogP contribution in [0.1, 0.15) is 90.5 Å². The zero-order valence-electron chi connectivity index (χ0n) is 27.8. The maximum atomic E-state index is 13.2. The van der Waals surface area contributed by atoms with Crippen molar-refractivity contribution in [3.05, 3.63) is 52.1 Å². The van der Waals surface area contributed by atoms with Crippen LogP contribution in [0.5, 0.6) is 0 Å². The first-order valence-electron chi connectivity index (χ1n) is 17.2. The average molecular weight is 655 g/mol. The second-order valence-corrected chi connectivity index (χ2v) is 15.0. The number of carbonyl (C=O) groups is 3. The van der Waals surface area contributed by atoms with Crippen molar-refractivity contribution in [2.24, 2.45) is 46.3 Å². The highest BCUT2D eigenvalue weighted by molar-refractivity contribution is 5.82. The number of benzene rings is 1. The summed E-state index contributed by atoms with van der Waals surface area (Å²) in [6.45, 7) is 7.12. The molecule has 47 heavy (non-hydrogen) atoms. The van der Waals surface area contributed by atoms with E-state index in [0.717, 1.165) is 44.9 Å². The fourth-order valence-corrected chi connectivity index (χ4v) is 9.89. The van der Waals surface area contributed by atoms with Crippen molar-refractivity contribution in [2.45, 2.75) is 104 Å². The Kier molecular flexibility index (Phi) is 10.8. The maximum absolute atomic E-state index is 13.2. The first kappa shape index (κ1) is 35.0. The number of nitro groups is 1. The van der Waals surface area contributed by atoms with E-state index >= 15 is 0 Å². The van der Waals surface area contributed by atoms with Crippen molar-refractivity contribution in [3.63, 3.8) is 0 Å². The molecule has 0 aliphatic heterocycles. The molecule has 11 heteroatoms. The van der Waals surface area contributed by atoms with Crippen LogP contribution in [-0.2, 0) is 30.5 Å². The van der Waals surface area contributed by atoms with Crippen molar-refractivity contribution in [1.29, 1.82) is 0 Å². The van der Waals surface area contributed by atoms with Gasteiger partial charge in [0.2, 0.25) is 0 Å². The minimum Gasteiger partial charge on any atom is -0.481 e. The van der Waals surface area contributed by atoms with E-state index in [0.29, 0.717) is 41.1 Å². The van der Waals surface area contributed by atoms with Crippen molar-refractivity contribution < 1.29 is 39.0 Å². The highest BCUT2D eigenvalue weighted by atomic mass is 16.6. The number of fused-ring (bicyclic) bond motifs is 5. The maximum Gasteiger partial charge on any atom is 0.324 e. The molecule has 0 bridgehead atoms. The summed E-state index contributed by atoms with van der Waals surface area (Å²) in [5.74, 6) is 0.547. The number of carboxylic acids is 2. The van der Waals surface area contributed by atoms with Gasteiger partial charge in [-0.1, -0.05) is 32.9 Å². The predicted octanol–water partition coefficient (Wildman–Crippen LogP) is 6.35. The molecule has 3 N–H and O–H groups in total. The van der Waals surface area contributed by atoms with Gasteiger partial charge in [0, 0.05) is 18.6 Å². The number of carbonyl (C=O) groups excluding carboxylic acids is 1. The molecule has 11 nitrogen and oxygen atoms in total. The minimum atomic E-state index is -1.12. The van der Waals surface area contributed by atoms with Crippen LogP contribution in [0.3, 0.4) is 0 Å². The van der Waals surface area contributed by atoms with Crippen molar-refractivity contribution >= 4 is 23.6 Å². The van der Waals surface area contributed by atoms with Gasteiger partial charge in [0.1, 0.15) is 12.1 Å². The third-order valence-corrected chi connectivity index (χ3v) is 12.4. The number of carboxylic acid groups (broad SMARTS) is 2. The lowest BCUT2D eigenvalue weighted by molar-refractivity contribution is -0.384. The van der Waals surface area contributed by atoms with Gasteiger partial charge < -0.3 is 19.7 Å². The standard InChI is InChI=1S/C36H50N2O9/c1-22(4-13-32(39)40)28-11-12-29-27-10-7-24-18-26(14-16-35(24,2)30(27)15-17-36(28,29)3)47-34(43)31(19-33(41)42)37-21-46-20-23-5-8-25(9-6-23)38(44)45/h5-6,8-9,15,17,22,24,26-31,37H,4,7,10-14,16,18-21H2,1-3H3,(H,39,40)(H,41,42)/t22-,24?,26-,27?,28?,29?,30?,31+,35?,36?/m1/s1. The number of allylic oxidation sites excluding steroid dienone is 2. The van der Waals surface area contributed by atoms with E-state index in [-0.39, 0.29) is 42.4 Å². The van der Waals surface area contributed by atoms with Gasteiger partial charge >= 0.3 is 17.9 Å². The zero-order valence-corrected chi connectivity index (χ0v) is 27.8. The summed E-state index contributed by atoms with van der Waals surface area (Å²) in [5.41, 5.74) is 0.910. The summed E-state index contributed by atoms with van der Waals surface area (Å²) in [7, 11) is 0. The number of ether oxygens (including phenoxy) is 2. The Balaban J connectivity index is 1.15. The molecule has 258 valence electrons. The Hall–Kier alpha value is -3.31. The molecule has 10 atom stereocenters. The number of esters is 1. The van der Waals surface area contributed by atoms with Gasteiger partial charge in [-0.3, -0.25) is 29.8 Å². The average Bonchev–Trinajstić information content (AvgIpc) is 3.38. The number of nitrogens with one attached hydrogen (secondary N) is 1. The fourth-order valence-electron chi connectivity index (χ4n) is 9.89. The highest BCUT2D eigenvalue weighted by Crippen LogP contribution is 2.66. The number of nitro benzene ring substituents is 1. The first-order valence-corrected chi connectivity index (χ1v) is 17.2. The SMILES string of the molecule is C[C@H](CCC(=O)O)C1CCC2C3CCC4C[C@H](OC(=O)[C@H](CC(=O)O)NCOCc5ccc([N+](=O)[O-])cc5)CCC4(C)C3C=CC21C. The lowest BCUT2D eigenvalue weighted by Gasteiger charge is -2.59. The Morgan fingerprint density at radius 1 is 1.06 bits per heavy atom. The van der Waals surface area contributed by atoms with E-state index in [2.05, 4.69) is 38.2 Å². The fraction of sp³-hybridized carbons (Fsp3) is 0.694. The molecule has 4 aliphatic carbocycles. The topological polar surface area (TPSA) is 165 Å². The molecule has 0 heterocycles. The van der Waals surface area contributed by atoms with Gasteiger partial charge in [-0.15, -0.1) is 0 Å². The Labute approximate surface area is 276 Å². The normalized spacial score (nSPS) is 33.9. The van der Waals surface area contributed by atoms with Crippen molar-refractivity contribution in [2.75, 3.05) is 6.73 Å². The van der Waals surface area contributed by atoms with Gasteiger partial charge in [-0.2, -0.15) is 0 Å². The summed E-state index contributed by atoms with van der Waals surface area (Å²) in [5, 5.41) is 32.4. The molecule has 1 aromatic rings. The molecule has 0 amide bonds. The molecule has 0 aromatic heterocycles. The number of aliphatic carboxylic acids is 2. The van der Waals surface area contributed by atoms with Crippen LogP contribution in [0, 0.1) is 56.5 Å². The Morgan fingerprint density at radius 3 is 2.49 bits per heavy atom. The quantitative estimate of drug-likeness (QED) is 0.0514. The minimum absolute atomic E-state index is 0.0197.